The zero-order valence-electron chi connectivity index (χ0n) is 13.0. The minimum atomic E-state index is -0.325. The largest absolute Gasteiger partial charge is 0.391 e. The Bertz CT molecular complexity index is 663. The third kappa shape index (κ3) is 2.74. The summed E-state index contributed by atoms with van der Waals surface area (Å²) in [6.07, 6.45) is 0.425. The molecule has 0 saturated carbocycles. The fourth-order valence-corrected chi connectivity index (χ4v) is 3.25. The van der Waals surface area contributed by atoms with Crippen LogP contribution in [0.4, 0.5) is 0 Å². The number of aryl methyl sites for hydroxylation is 3. The lowest BCUT2D eigenvalue weighted by atomic mass is 10.00. The molecule has 2 N–H and O–H groups in total. The molecule has 2 aromatic carbocycles. The summed E-state index contributed by atoms with van der Waals surface area (Å²) < 4.78 is 0. The van der Waals surface area contributed by atoms with Gasteiger partial charge in [0.25, 0.3) is 0 Å². The molecule has 2 nitrogen and oxygen atoms in total. The van der Waals surface area contributed by atoms with Gasteiger partial charge in [0.2, 0.25) is 0 Å². The highest BCUT2D eigenvalue weighted by Gasteiger charge is 2.30. The molecule has 2 aromatic rings. The first-order valence-electron chi connectivity index (χ1n) is 7.62. The van der Waals surface area contributed by atoms with Gasteiger partial charge in [-0.3, -0.25) is 0 Å². The molecule has 0 aromatic heterocycles. The van der Waals surface area contributed by atoms with E-state index in [2.05, 4.69) is 50.4 Å². The van der Waals surface area contributed by atoms with Gasteiger partial charge in [-0.2, -0.15) is 0 Å². The number of hydrogen-bond acceptors (Lipinski definition) is 2. The van der Waals surface area contributed by atoms with Gasteiger partial charge in [-0.1, -0.05) is 36.4 Å². The van der Waals surface area contributed by atoms with Crippen LogP contribution in [-0.4, -0.2) is 11.2 Å². The highest BCUT2D eigenvalue weighted by Crippen LogP contribution is 2.31. The maximum absolute atomic E-state index is 10.3. The summed E-state index contributed by atoms with van der Waals surface area (Å²) in [5.74, 6) is 0. The SMILES string of the molecule is Cc1cc(C)c(CN[C@@H]2c3ccccc3C[C@@H]2O)cc1C. The van der Waals surface area contributed by atoms with E-state index in [0.717, 1.165) is 13.0 Å². The first kappa shape index (κ1) is 14.3. The molecule has 21 heavy (non-hydrogen) atoms. The van der Waals surface area contributed by atoms with E-state index in [4.69, 9.17) is 0 Å². The van der Waals surface area contributed by atoms with E-state index in [9.17, 15) is 5.11 Å². The predicted molar refractivity (Wildman–Crippen MR) is 86.4 cm³/mol. The number of hydrogen-bond donors (Lipinski definition) is 2. The van der Waals surface area contributed by atoms with Gasteiger partial charge in [0.05, 0.1) is 12.1 Å². The number of benzene rings is 2. The summed E-state index contributed by atoms with van der Waals surface area (Å²) in [5, 5.41) is 13.8. The summed E-state index contributed by atoms with van der Waals surface area (Å²) in [7, 11) is 0. The molecule has 0 aliphatic heterocycles. The highest BCUT2D eigenvalue weighted by atomic mass is 16.3. The van der Waals surface area contributed by atoms with Crippen molar-refractivity contribution in [3.8, 4) is 0 Å². The predicted octanol–water partition coefficient (Wildman–Crippen LogP) is 3.36. The van der Waals surface area contributed by atoms with Crippen molar-refractivity contribution in [1.82, 2.24) is 5.32 Å². The highest BCUT2D eigenvalue weighted by molar-refractivity contribution is 5.38. The molecule has 0 heterocycles. The molecule has 110 valence electrons. The quantitative estimate of drug-likeness (QED) is 0.904. The van der Waals surface area contributed by atoms with Crippen LogP contribution in [0.1, 0.15) is 39.4 Å². The molecule has 0 spiro atoms. The molecule has 0 radical (unpaired) electrons. The Labute approximate surface area is 126 Å². The van der Waals surface area contributed by atoms with Crippen LogP contribution in [0.2, 0.25) is 0 Å². The van der Waals surface area contributed by atoms with Gasteiger partial charge < -0.3 is 10.4 Å². The van der Waals surface area contributed by atoms with Crippen molar-refractivity contribution in [3.05, 3.63) is 69.8 Å². The Morgan fingerprint density at radius 3 is 2.57 bits per heavy atom. The molecular weight excluding hydrogens is 258 g/mol. The first-order valence-corrected chi connectivity index (χ1v) is 7.62. The van der Waals surface area contributed by atoms with Crippen LogP contribution in [0.3, 0.4) is 0 Å². The van der Waals surface area contributed by atoms with E-state index >= 15 is 0 Å². The van der Waals surface area contributed by atoms with Crippen molar-refractivity contribution < 1.29 is 5.11 Å². The molecule has 2 heteroatoms. The van der Waals surface area contributed by atoms with Crippen LogP contribution < -0.4 is 5.32 Å². The van der Waals surface area contributed by atoms with Crippen molar-refractivity contribution in [2.45, 2.75) is 45.9 Å². The second kappa shape index (κ2) is 5.63. The van der Waals surface area contributed by atoms with Gasteiger partial charge in [-0.25, -0.2) is 0 Å². The number of fused-ring (bicyclic) bond motifs is 1. The van der Waals surface area contributed by atoms with Gasteiger partial charge in [-0.05, 0) is 54.2 Å². The fourth-order valence-electron chi connectivity index (χ4n) is 3.25. The first-order chi connectivity index (χ1) is 10.1. The summed E-state index contributed by atoms with van der Waals surface area (Å²) >= 11 is 0. The van der Waals surface area contributed by atoms with Crippen molar-refractivity contribution in [2.75, 3.05) is 0 Å². The maximum atomic E-state index is 10.3. The number of aliphatic hydroxyl groups is 1. The topological polar surface area (TPSA) is 32.3 Å². The van der Waals surface area contributed by atoms with Crippen LogP contribution >= 0.6 is 0 Å². The van der Waals surface area contributed by atoms with Crippen LogP contribution in [0.15, 0.2) is 36.4 Å². The molecule has 0 amide bonds. The molecular formula is C19H23NO. The average Bonchev–Trinajstić information content (AvgIpc) is 2.77. The van der Waals surface area contributed by atoms with Crippen LogP contribution in [0.25, 0.3) is 0 Å². The average molecular weight is 281 g/mol. The molecule has 0 unspecified atom stereocenters. The Morgan fingerprint density at radius 2 is 1.76 bits per heavy atom. The second-order valence-corrected chi connectivity index (χ2v) is 6.19. The number of nitrogens with one attached hydrogen (secondary N) is 1. The molecule has 0 bridgehead atoms. The lowest BCUT2D eigenvalue weighted by Crippen LogP contribution is -2.28. The zero-order chi connectivity index (χ0) is 15.0. The zero-order valence-corrected chi connectivity index (χ0v) is 13.0. The number of rotatable bonds is 3. The van der Waals surface area contributed by atoms with Crippen molar-refractivity contribution in [2.24, 2.45) is 0 Å². The van der Waals surface area contributed by atoms with Gasteiger partial charge in [0.15, 0.2) is 0 Å². The molecule has 2 atom stereocenters. The van der Waals surface area contributed by atoms with Crippen LogP contribution in [0.5, 0.6) is 0 Å². The molecule has 0 fully saturated rings. The van der Waals surface area contributed by atoms with Crippen LogP contribution in [0, 0.1) is 20.8 Å². The summed E-state index contributed by atoms with van der Waals surface area (Å²) in [4.78, 5) is 0. The minimum absolute atomic E-state index is 0.0437. The molecule has 1 aliphatic rings. The van der Waals surface area contributed by atoms with E-state index < -0.39 is 0 Å². The van der Waals surface area contributed by atoms with Crippen molar-refractivity contribution in [3.63, 3.8) is 0 Å². The minimum Gasteiger partial charge on any atom is -0.391 e. The van der Waals surface area contributed by atoms with Gasteiger partial charge in [0.1, 0.15) is 0 Å². The Kier molecular flexibility index (Phi) is 3.83. The Balaban J connectivity index is 1.78. The third-order valence-corrected chi connectivity index (χ3v) is 4.67. The van der Waals surface area contributed by atoms with Gasteiger partial charge in [0, 0.05) is 13.0 Å². The van der Waals surface area contributed by atoms with E-state index in [1.807, 2.05) is 12.1 Å². The lowest BCUT2D eigenvalue weighted by Gasteiger charge is -2.19. The van der Waals surface area contributed by atoms with E-state index in [-0.39, 0.29) is 12.1 Å². The monoisotopic (exact) mass is 281 g/mol. The Hall–Kier alpha value is -1.64. The standard InChI is InChI=1S/C19H23NO/c1-12-8-14(3)16(9-13(12)2)11-20-19-17-7-5-4-6-15(17)10-18(19)21/h4-9,18-21H,10-11H2,1-3H3/t18-,19+/m0/s1. The normalized spacial score (nSPS) is 20.6. The number of aliphatic hydroxyl groups excluding tert-OH is 1. The van der Waals surface area contributed by atoms with E-state index in [1.165, 1.54) is 33.4 Å². The van der Waals surface area contributed by atoms with Gasteiger partial charge in [-0.15, -0.1) is 0 Å². The molecule has 1 aliphatic carbocycles. The third-order valence-electron chi connectivity index (χ3n) is 4.67. The maximum Gasteiger partial charge on any atom is 0.0775 e. The van der Waals surface area contributed by atoms with Crippen molar-refractivity contribution >= 4 is 0 Å². The molecule has 0 saturated heterocycles. The summed E-state index contributed by atoms with van der Waals surface area (Å²) in [6.45, 7) is 7.25. The van der Waals surface area contributed by atoms with E-state index in [1.54, 1.807) is 0 Å². The second-order valence-electron chi connectivity index (χ2n) is 6.19. The smallest absolute Gasteiger partial charge is 0.0775 e. The van der Waals surface area contributed by atoms with Crippen molar-refractivity contribution in [1.29, 1.82) is 0 Å². The van der Waals surface area contributed by atoms with E-state index in [0.29, 0.717) is 0 Å². The Morgan fingerprint density at radius 1 is 1.05 bits per heavy atom. The summed E-state index contributed by atoms with van der Waals surface area (Å²) in [6, 6.07) is 12.9. The molecule has 3 rings (SSSR count). The lowest BCUT2D eigenvalue weighted by molar-refractivity contribution is 0.140. The fraction of sp³-hybridized carbons (Fsp3) is 0.368. The van der Waals surface area contributed by atoms with Gasteiger partial charge >= 0.3 is 0 Å². The summed E-state index contributed by atoms with van der Waals surface area (Å²) in [5.41, 5.74) is 7.79. The van der Waals surface area contributed by atoms with Crippen LogP contribution in [-0.2, 0) is 13.0 Å².